The quantitative estimate of drug-likeness (QED) is 0.741. The maximum Gasteiger partial charge on any atom is 0.226 e. The molecule has 0 fully saturated rings. The van der Waals surface area contributed by atoms with E-state index in [0.29, 0.717) is 33.0 Å². The molecule has 9 heteroatoms. The summed E-state index contributed by atoms with van der Waals surface area (Å²) in [4.78, 5) is 8.45. The lowest BCUT2D eigenvalue weighted by Crippen LogP contribution is -2.10. The number of nitrogens with zero attached hydrogens (tertiary/aromatic N) is 5. The number of hydrogen-bond donors (Lipinski definition) is 1. The Morgan fingerprint density at radius 1 is 1.14 bits per heavy atom. The second kappa shape index (κ2) is 4.64. The number of hydrogen-bond acceptors (Lipinski definition) is 6. The number of H-pyrrole nitrogens is 1. The molecule has 0 aliphatic carbocycles. The van der Waals surface area contributed by atoms with Gasteiger partial charge in [-0.3, -0.25) is 0 Å². The van der Waals surface area contributed by atoms with Gasteiger partial charge < -0.3 is 4.74 Å². The summed E-state index contributed by atoms with van der Waals surface area (Å²) in [6.45, 7) is 0.278. The average Bonchev–Trinajstić information content (AvgIpc) is 3.04. The highest BCUT2D eigenvalue weighted by Crippen LogP contribution is 2.43. The number of ether oxygens (including phenoxy) is 1. The SMILES string of the molecule is Clc1ccc2c(c1Cl)COc1c(-c3nn[nH]n3)ncnc1-2. The first-order chi connectivity index (χ1) is 10.3. The van der Waals surface area contributed by atoms with Gasteiger partial charge in [0.1, 0.15) is 18.6 Å². The lowest BCUT2D eigenvalue weighted by atomic mass is 10.0. The first kappa shape index (κ1) is 12.5. The van der Waals surface area contributed by atoms with Crippen LogP contribution in [0.1, 0.15) is 5.56 Å². The fourth-order valence-electron chi connectivity index (χ4n) is 2.22. The highest BCUT2D eigenvalue weighted by atomic mass is 35.5. The van der Waals surface area contributed by atoms with Gasteiger partial charge in [0, 0.05) is 11.1 Å². The van der Waals surface area contributed by atoms with Gasteiger partial charge in [0.25, 0.3) is 0 Å². The molecule has 1 aliphatic rings. The third-order valence-corrected chi connectivity index (χ3v) is 4.02. The molecule has 104 valence electrons. The van der Waals surface area contributed by atoms with Crippen molar-refractivity contribution in [2.24, 2.45) is 0 Å². The van der Waals surface area contributed by atoms with Crippen LogP contribution in [0.4, 0.5) is 0 Å². The number of rotatable bonds is 1. The second-order valence-corrected chi connectivity index (χ2v) is 5.10. The first-order valence-corrected chi connectivity index (χ1v) is 6.70. The largest absolute Gasteiger partial charge is 0.484 e. The predicted molar refractivity (Wildman–Crippen MR) is 75.0 cm³/mol. The topological polar surface area (TPSA) is 89.5 Å². The van der Waals surface area contributed by atoms with E-state index < -0.39 is 0 Å². The van der Waals surface area contributed by atoms with Gasteiger partial charge in [-0.15, -0.1) is 10.2 Å². The highest BCUT2D eigenvalue weighted by Gasteiger charge is 2.26. The molecule has 0 spiro atoms. The molecule has 0 bridgehead atoms. The summed E-state index contributed by atoms with van der Waals surface area (Å²) in [5, 5.41) is 14.7. The van der Waals surface area contributed by atoms with Crippen molar-refractivity contribution in [1.82, 2.24) is 30.6 Å². The van der Waals surface area contributed by atoms with Crippen molar-refractivity contribution in [3.8, 4) is 28.5 Å². The maximum absolute atomic E-state index is 6.22. The molecule has 1 N–H and O–H groups in total. The zero-order chi connectivity index (χ0) is 14.4. The summed E-state index contributed by atoms with van der Waals surface area (Å²) >= 11 is 12.3. The van der Waals surface area contributed by atoms with E-state index in [9.17, 15) is 0 Å². The van der Waals surface area contributed by atoms with E-state index in [-0.39, 0.29) is 6.61 Å². The minimum Gasteiger partial charge on any atom is -0.484 e. The van der Waals surface area contributed by atoms with Gasteiger partial charge in [0.05, 0.1) is 10.0 Å². The standard InChI is InChI=1S/C12H6Cl2N6O/c13-7-2-1-5-6(8(7)14)3-21-11-9(5)15-4-16-10(11)12-17-19-20-18-12/h1-2,4H,3H2,(H,17,18,19,20). The van der Waals surface area contributed by atoms with Gasteiger partial charge in [0.2, 0.25) is 5.82 Å². The van der Waals surface area contributed by atoms with Gasteiger partial charge in [-0.05, 0) is 11.3 Å². The van der Waals surface area contributed by atoms with Crippen molar-refractivity contribution in [3.63, 3.8) is 0 Å². The fraction of sp³-hybridized carbons (Fsp3) is 0.0833. The third kappa shape index (κ3) is 1.85. The van der Waals surface area contributed by atoms with E-state index in [4.69, 9.17) is 27.9 Å². The molecule has 21 heavy (non-hydrogen) atoms. The zero-order valence-electron chi connectivity index (χ0n) is 10.3. The van der Waals surface area contributed by atoms with Crippen molar-refractivity contribution < 1.29 is 4.74 Å². The predicted octanol–water partition coefficient (Wildman–Crippen LogP) is 2.52. The molecule has 1 aromatic carbocycles. The number of aromatic amines is 1. The highest BCUT2D eigenvalue weighted by molar-refractivity contribution is 6.42. The molecule has 3 heterocycles. The van der Waals surface area contributed by atoms with Crippen molar-refractivity contribution in [1.29, 1.82) is 0 Å². The molecule has 3 aromatic rings. The summed E-state index contributed by atoms with van der Waals surface area (Å²) in [5.74, 6) is 0.849. The Balaban J connectivity index is 1.97. The number of nitrogens with one attached hydrogen (secondary N) is 1. The van der Waals surface area contributed by atoms with E-state index in [1.807, 2.05) is 6.07 Å². The van der Waals surface area contributed by atoms with Crippen LogP contribution in [0.5, 0.6) is 5.75 Å². The van der Waals surface area contributed by atoms with E-state index in [0.717, 1.165) is 11.1 Å². The van der Waals surface area contributed by atoms with E-state index in [1.165, 1.54) is 6.33 Å². The molecule has 7 nitrogen and oxygen atoms in total. The van der Waals surface area contributed by atoms with Gasteiger partial charge >= 0.3 is 0 Å². The molecule has 0 unspecified atom stereocenters. The minimum absolute atomic E-state index is 0.278. The van der Waals surface area contributed by atoms with E-state index in [1.54, 1.807) is 6.07 Å². The van der Waals surface area contributed by atoms with Crippen molar-refractivity contribution in [2.45, 2.75) is 6.61 Å². The van der Waals surface area contributed by atoms with Crippen molar-refractivity contribution in [3.05, 3.63) is 34.1 Å². The first-order valence-electron chi connectivity index (χ1n) is 5.94. The Hall–Kier alpha value is -2.25. The minimum atomic E-state index is 0.278. The lowest BCUT2D eigenvalue weighted by molar-refractivity contribution is 0.301. The monoisotopic (exact) mass is 320 g/mol. The second-order valence-electron chi connectivity index (χ2n) is 4.31. The smallest absolute Gasteiger partial charge is 0.226 e. The summed E-state index contributed by atoms with van der Waals surface area (Å²) < 4.78 is 5.75. The van der Waals surface area contributed by atoms with Crippen LogP contribution in [0.25, 0.3) is 22.8 Å². The molecule has 0 saturated heterocycles. The van der Waals surface area contributed by atoms with Crippen molar-refractivity contribution >= 4 is 23.2 Å². The molecular formula is C12H6Cl2N6O. The van der Waals surface area contributed by atoms with E-state index in [2.05, 4.69) is 30.6 Å². The fourth-order valence-corrected chi connectivity index (χ4v) is 2.62. The van der Waals surface area contributed by atoms with Gasteiger partial charge in [-0.1, -0.05) is 29.3 Å². The number of benzene rings is 1. The Labute approximate surface area is 128 Å². The zero-order valence-corrected chi connectivity index (χ0v) is 11.9. The Morgan fingerprint density at radius 2 is 2.00 bits per heavy atom. The normalized spacial score (nSPS) is 12.5. The average molecular weight is 321 g/mol. The molecule has 0 saturated carbocycles. The van der Waals surface area contributed by atoms with Crippen LogP contribution in [0.3, 0.4) is 0 Å². The van der Waals surface area contributed by atoms with Gasteiger partial charge in [-0.2, -0.15) is 5.21 Å². The molecular weight excluding hydrogens is 315 g/mol. The Morgan fingerprint density at radius 3 is 2.81 bits per heavy atom. The summed E-state index contributed by atoms with van der Waals surface area (Å²) in [6, 6.07) is 3.59. The van der Waals surface area contributed by atoms with Crippen molar-refractivity contribution in [2.75, 3.05) is 0 Å². The van der Waals surface area contributed by atoms with Crippen LogP contribution >= 0.6 is 23.2 Å². The Kier molecular flexibility index (Phi) is 2.76. The summed E-state index contributed by atoms with van der Waals surface area (Å²) in [6.07, 6.45) is 1.42. The number of halogens is 2. The van der Waals surface area contributed by atoms with Gasteiger partial charge in [0.15, 0.2) is 11.4 Å². The van der Waals surface area contributed by atoms with E-state index >= 15 is 0 Å². The maximum atomic E-state index is 6.22. The lowest BCUT2D eigenvalue weighted by Gasteiger charge is -2.21. The molecule has 1 aliphatic heterocycles. The van der Waals surface area contributed by atoms with Crippen LogP contribution in [0.2, 0.25) is 10.0 Å². The third-order valence-electron chi connectivity index (χ3n) is 3.17. The van der Waals surface area contributed by atoms with Gasteiger partial charge in [-0.25, -0.2) is 9.97 Å². The van der Waals surface area contributed by atoms with Crippen LogP contribution in [0.15, 0.2) is 18.5 Å². The molecule has 0 radical (unpaired) electrons. The molecule has 4 rings (SSSR count). The molecule has 0 amide bonds. The molecule has 2 aromatic heterocycles. The van der Waals surface area contributed by atoms with Crippen LogP contribution in [-0.2, 0) is 6.61 Å². The summed E-state index contributed by atoms with van der Waals surface area (Å²) in [7, 11) is 0. The summed E-state index contributed by atoms with van der Waals surface area (Å²) in [5.41, 5.74) is 2.77. The van der Waals surface area contributed by atoms with Crippen LogP contribution < -0.4 is 4.74 Å². The number of tetrazole rings is 1. The van der Waals surface area contributed by atoms with Crippen LogP contribution in [-0.4, -0.2) is 30.6 Å². The van der Waals surface area contributed by atoms with Crippen LogP contribution in [0, 0.1) is 0 Å². The number of fused-ring (bicyclic) bond motifs is 3. The number of aromatic nitrogens is 6. The Bertz CT molecular complexity index is 836. The molecule has 0 atom stereocenters.